The Morgan fingerprint density at radius 3 is 3.08 bits per heavy atom. The summed E-state index contributed by atoms with van der Waals surface area (Å²) in [4.78, 5) is 0. The zero-order chi connectivity index (χ0) is 8.55. The van der Waals surface area contributed by atoms with Crippen LogP contribution in [-0.4, -0.2) is 6.61 Å². The molecule has 1 aromatic carbocycles. The fourth-order valence-corrected chi connectivity index (χ4v) is 1.68. The number of halogens is 1. The maximum absolute atomic E-state index is 13.2. The van der Waals surface area contributed by atoms with Gasteiger partial charge in [-0.15, -0.1) is 0 Å². The molecule has 1 aromatic rings. The number of rotatable bonds is 0. The Hall–Kier alpha value is -0.890. The maximum Gasteiger partial charge on any atom is 0.129 e. The lowest BCUT2D eigenvalue weighted by Gasteiger charge is -2.23. The summed E-state index contributed by atoms with van der Waals surface area (Å²) in [6, 6.07) is 5.22. The molecule has 0 radical (unpaired) electrons. The number of hydrogen-bond acceptors (Lipinski definition) is 1. The van der Waals surface area contributed by atoms with Gasteiger partial charge < -0.3 is 4.74 Å². The molecule has 1 heterocycles. The van der Waals surface area contributed by atoms with E-state index >= 15 is 0 Å². The highest BCUT2D eigenvalue weighted by Gasteiger charge is 2.19. The highest BCUT2D eigenvalue weighted by Crippen LogP contribution is 2.28. The van der Waals surface area contributed by atoms with Gasteiger partial charge in [0, 0.05) is 5.56 Å². The van der Waals surface area contributed by atoms with Crippen molar-refractivity contribution in [2.75, 3.05) is 6.61 Å². The van der Waals surface area contributed by atoms with E-state index in [4.69, 9.17) is 4.74 Å². The van der Waals surface area contributed by atoms with Crippen molar-refractivity contribution in [1.82, 2.24) is 0 Å². The van der Waals surface area contributed by atoms with E-state index in [0.717, 1.165) is 17.5 Å². The van der Waals surface area contributed by atoms with Crippen LogP contribution in [0.3, 0.4) is 0 Å². The van der Waals surface area contributed by atoms with E-state index in [1.165, 1.54) is 6.07 Å². The van der Waals surface area contributed by atoms with Gasteiger partial charge in [-0.2, -0.15) is 0 Å². The molecular weight excluding hydrogens is 155 g/mol. The zero-order valence-electron chi connectivity index (χ0n) is 7.01. The van der Waals surface area contributed by atoms with Gasteiger partial charge in [0.15, 0.2) is 0 Å². The molecule has 0 spiro atoms. The summed E-state index contributed by atoms with van der Waals surface area (Å²) in [6.07, 6.45) is 0.743. The van der Waals surface area contributed by atoms with Gasteiger partial charge in [0.2, 0.25) is 0 Å². The molecule has 0 aromatic heterocycles. The first-order chi connectivity index (χ1) is 5.79. The van der Waals surface area contributed by atoms with E-state index < -0.39 is 0 Å². The molecule has 0 aliphatic carbocycles. The highest BCUT2D eigenvalue weighted by molar-refractivity contribution is 5.31. The molecular formula is C10H11FO. The van der Waals surface area contributed by atoms with E-state index in [2.05, 4.69) is 0 Å². The van der Waals surface area contributed by atoms with Gasteiger partial charge in [-0.25, -0.2) is 4.39 Å². The smallest absolute Gasteiger partial charge is 0.129 e. The lowest BCUT2D eigenvalue weighted by molar-refractivity contribution is 0.0526. The van der Waals surface area contributed by atoms with E-state index in [0.29, 0.717) is 6.61 Å². The molecule has 12 heavy (non-hydrogen) atoms. The van der Waals surface area contributed by atoms with Crippen LogP contribution in [0.25, 0.3) is 0 Å². The van der Waals surface area contributed by atoms with Crippen LogP contribution in [0.4, 0.5) is 4.39 Å². The molecule has 0 amide bonds. The van der Waals surface area contributed by atoms with Gasteiger partial charge in [-0.05, 0) is 25.0 Å². The minimum atomic E-state index is -0.139. The molecule has 0 N–H and O–H groups in total. The van der Waals surface area contributed by atoms with Gasteiger partial charge in [-0.3, -0.25) is 0 Å². The lowest BCUT2D eigenvalue weighted by atomic mass is 9.98. The standard InChI is InChI=1S/C10H11FO/c1-7-10-8(5-6-12-7)3-2-4-9(10)11/h2-4,7H,5-6H2,1H3. The van der Waals surface area contributed by atoms with Crippen molar-refractivity contribution < 1.29 is 9.13 Å². The number of hydrogen-bond donors (Lipinski definition) is 0. The molecule has 0 saturated carbocycles. The van der Waals surface area contributed by atoms with E-state index in [1.54, 1.807) is 6.07 Å². The quantitative estimate of drug-likeness (QED) is 0.575. The van der Waals surface area contributed by atoms with Crippen LogP contribution in [0.1, 0.15) is 24.2 Å². The zero-order valence-corrected chi connectivity index (χ0v) is 7.01. The Bertz CT molecular complexity index is 296. The maximum atomic E-state index is 13.2. The van der Waals surface area contributed by atoms with Crippen LogP contribution in [0.5, 0.6) is 0 Å². The predicted octanol–water partition coefficient (Wildman–Crippen LogP) is 2.46. The second kappa shape index (κ2) is 2.87. The second-order valence-electron chi connectivity index (χ2n) is 3.08. The van der Waals surface area contributed by atoms with Crippen LogP contribution in [0.2, 0.25) is 0 Å². The van der Waals surface area contributed by atoms with Gasteiger partial charge in [0.25, 0.3) is 0 Å². The van der Waals surface area contributed by atoms with Crippen molar-refractivity contribution in [1.29, 1.82) is 0 Å². The average Bonchev–Trinajstić information content (AvgIpc) is 2.04. The largest absolute Gasteiger partial charge is 0.373 e. The molecule has 2 heteroatoms. The molecule has 1 aliphatic heterocycles. The van der Waals surface area contributed by atoms with Crippen LogP contribution >= 0.6 is 0 Å². The van der Waals surface area contributed by atoms with Gasteiger partial charge >= 0.3 is 0 Å². The Balaban J connectivity index is 2.53. The highest BCUT2D eigenvalue weighted by atomic mass is 19.1. The van der Waals surface area contributed by atoms with Crippen molar-refractivity contribution in [2.45, 2.75) is 19.4 Å². The van der Waals surface area contributed by atoms with Gasteiger partial charge in [0.1, 0.15) is 5.82 Å². The second-order valence-corrected chi connectivity index (χ2v) is 3.08. The van der Waals surface area contributed by atoms with E-state index in [-0.39, 0.29) is 11.9 Å². The van der Waals surface area contributed by atoms with Crippen LogP contribution in [0.15, 0.2) is 18.2 Å². The monoisotopic (exact) mass is 166 g/mol. The molecule has 1 aliphatic rings. The summed E-state index contributed by atoms with van der Waals surface area (Å²) >= 11 is 0. The summed E-state index contributed by atoms with van der Waals surface area (Å²) in [5.74, 6) is -0.139. The topological polar surface area (TPSA) is 9.23 Å². The van der Waals surface area contributed by atoms with Gasteiger partial charge in [0.05, 0.1) is 12.7 Å². The molecule has 0 fully saturated rings. The fraction of sp³-hybridized carbons (Fsp3) is 0.400. The van der Waals surface area contributed by atoms with Crippen molar-refractivity contribution in [3.05, 3.63) is 35.1 Å². The van der Waals surface area contributed by atoms with E-state index in [9.17, 15) is 4.39 Å². The average molecular weight is 166 g/mol. The minimum Gasteiger partial charge on any atom is -0.373 e. The molecule has 1 nitrogen and oxygen atoms in total. The summed E-state index contributed by atoms with van der Waals surface area (Å²) in [7, 11) is 0. The molecule has 2 rings (SSSR count). The Kier molecular flexibility index (Phi) is 1.85. The summed E-state index contributed by atoms with van der Waals surface area (Å²) in [5.41, 5.74) is 1.83. The number of benzene rings is 1. The minimum absolute atomic E-state index is 0.0880. The molecule has 64 valence electrons. The van der Waals surface area contributed by atoms with Crippen LogP contribution in [0, 0.1) is 5.82 Å². The van der Waals surface area contributed by atoms with Crippen molar-refractivity contribution in [2.24, 2.45) is 0 Å². The third kappa shape index (κ3) is 1.12. The Labute approximate surface area is 71.2 Å². The van der Waals surface area contributed by atoms with E-state index in [1.807, 2.05) is 13.0 Å². The first-order valence-electron chi connectivity index (χ1n) is 4.18. The number of ether oxygens (including phenoxy) is 1. The predicted molar refractivity (Wildman–Crippen MR) is 44.5 cm³/mol. The van der Waals surface area contributed by atoms with Crippen molar-refractivity contribution in [3.8, 4) is 0 Å². The molecule has 1 atom stereocenters. The SMILES string of the molecule is CC1OCCc2cccc(F)c21. The first kappa shape index (κ1) is 7.74. The van der Waals surface area contributed by atoms with Gasteiger partial charge in [-0.1, -0.05) is 12.1 Å². The van der Waals surface area contributed by atoms with Crippen LogP contribution < -0.4 is 0 Å². The summed E-state index contributed by atoms with van der Waals surface area (Å²) in [5, 5.41) is 0. The van der Waals surface area contributed by atoms with Crippen LogP contribution in [-0.2, 0) is 11.2 Å². The molecule has 0 saturated heterocycles. The summed E-state index contributed by atoms with van der Waals surface area (Å²) < 4.78 is 18.6. The lowest BCUT2D eigenvalue weighted by Crippen LogP contribution is -2.15. The molecule has 0 bridgehead atoms. The van der Waals surface area contributed by atoms with Crippen molar-refractivity contribution in [3.63, 3.8) is 0 Å². The third-order valence-electron chi connectivity index (χ3n) is 2.29. The third-order valence-corrected chi connectivity index (χ3v) is 2.29. The normalized spacial score (nSPS) is 22.0. The Morgan fingerprint density at radius 1 is 1.50 bits per heavy atom. The molecule has 1 unspecified atom stereocenters. The number of fused-ring (bicyclic) bond motifs is 1. The summed E-state index contributed by atoms with van der Waals surface area (Å²) in [6.45, 7) is 2.60. The fourth-order valence-electron chi connectivity index (χ4n) is 1.68. The Morgan fingerprint density at radius 2 is 2.33 bits per heavy atom. The van der Waals surface area contributed by atoms with Crippen molar-refractivity contribution >= 4 is 0 Å². The first-order valence-corrected chi connectivity index (χ1v) is 4.18.